The number of benzene rings is 1. The Morgan fingerprint density at radius 3 is 2.49 bits per heavy atom. The Balaban J connectivity index is 1.41. The molecule has 0 spiro atoms. The highest BCUT2D eigenvalue weighted by Gasteiger charge is 2.24. The molecule has 1 aliphatic heterocycles. The highest BCUT2D eigenvalue weighted by Crippen LogP contribution is 2.37. The molecule has 3 aromatic rings. The number of fused-ring (bicyclic) bond motifs is 1. The quantitative estimate of drug-likeness (QED) is 0.383. The lowest BCUT2D eigenvalue weighted by Gasteiger charge is -2.30. The largest absolute Gasteiger partial charge is 0.393 e. The number of unbranched alkanes of at least 4 members (excludes halogenated alkanes) is 1. The normalized spacial score (nSPS) is 21.9. The van der Waals surface area contributed by atoms with Crippen LogP contribution in [0, 0.1) is 0 Å². The minimum absolute atomic E-state index is 0.168. The zero-order valence-corrected chi connectivity index (χ0v) is 21.2. The van der Waals surface area contributed by atoms with E-state index < -0.39 is 0 Å². The highest BCUT2D eigenvalue weighted by atomic mass is 16.3. The fraction of sp³-hybridized carbons (Fsp3) is 0.571. The number of aromatic nitrogens is 3. The molecule has 2 fully saturated rings. The van der Waals surface area contributed by atoms with Crippen LogP contribution < -0.4 is 10.6 Å². The molecule has 0 amide bonds. The van der Waals surface area contributed by atoms with E-state index in [4.69, 9.17) is 4.98 Å². The summed E-state index contributed by atoms with van der Waals surface area (Å²) in [4.78, 5) is 12.0. The van der Waals surface area contributed by atoms with Gasteiger partial charge in [-0.15, -0.1) is 0 Å². The predicted octanol–water partition coefficient (Wildman–Crippen LogP) is 5.29. The Morgan fingerprint density at radius 2 is 1.77 bits per heavy atom. The Labute approximate surface area is 209 Å². The van der Waals surface area contributed by atoms with Crippen LogP contribution in [-0.2, 0) is 0 Å². The van der Waals surface area contributed by atoms with Crippen molar-refractivity contribution in [1.29, 1.82) is 0 Å². The van der Waals surface area contributed by atoms with Gasteiger partial charge in [-0.1, -0.05) is 25.5 Å². The summed E-state index contributed by atoms with van der Waals surface area (Å²) in [6.07, 6.45) is 12.3. The van der Waals surface area contributed by atoms with Crippen molar-refractivity contribution in [3.05, 3.63) is 36.7 Å². The molecular formula is C28H40N6O. The minimum atomic E-state index is -0.168. The lowest BCUT2D eigenvalue weighted by atomic mass is 9.93. The van der Waals surface area contributed by atoms with Gasteiger partial charge in [-0.25, -0.2) is 4.98 Å². The molecule has 7 heteroatoms. The molecule has 0 bridgehead atoms. The average molecular weight is 477 g/mol. The van der Waals surface area contributed by atoms with E-state index in [1.807, 2.05) is 6.20 Å². The van der Waals surface area contributed by atoms with Gasteiger partial charge in [0.25, 0.3) is 0 Å². The van der Waals surface area contributed by atoms with Crippen molar-refractivity contribution in [2.45, 2.75) is 76.5 Å². The number of nitrogens with one attached hydrogen (secondary N) is 2. The standard InChI is InChI=1S/C28H40N6O/c1-3-4-15-29-28-30-18-25-26(19-34(27(25)32-28)23-9-11-24(35)12-10-23)20-5-7-21(8-6-20)31-22-13-16-33(2)17-14-22/h5-8,18-19,22-24,31,35H,3-4,9-17H2,1-2H3,(H,29,30,32)/t23-,24-. The van der Waals surface area contributed by atoms with Crippen LogP contribution in [0.1, 0.15) is 64.3 Å². The second-order valence-electron chi connectivity index (χ2n) is 10.4. The van der Waals surface area contributed by atoms with Gasteiger partial charge in [0.1, 0.15) is 5.65 Å². The van der Waals surface area contributed by atoms with Crippen LogP contribution in [0.25, 0.3) is 22.2 Å². The van der Waals surface area contributed by atoms with Crippen molar-refractivity contribution in [1.82, 2.24) is 19.4 Å². The number of likely N-dealkylation sites (tertiary alicyclic amines) is 1. The van der Waals surface area contributed by atoms with E-state index in [0.717, 1.165) is 69.2 Å². The fourth-order valence-corrected chi connectivity index (χ4v) is 5.47. The Kier molecular flexibility index (Phi) is 7.54. The van der Waals surface area contributed by atoms with Gasteiger partial charge < -0.3 is 25.2 Å². The minimum Gasteiger partial charge on any atom is -0.393 e. The molecule has 3 heterocycles. The Morgan fingerprint density at radius 1 is 1.03 bits per heavy atom. The van der Waals surface area contributed by atoms with Gasteiger partial charge in [0.05, 0.1) is 6.10 Å². The SMILES string of the molecule is CCCCNc1ncc2c(-c3ccc(NC4CCN(C)CC4)cc3)cn([C@H]3CC[C@H](O)CC3)c2n1. The second-order valence-corrected chi connectivity index (χ2v) is 10.4. The smallest absolute Gasteiger partial charge is 0.224 e. The lowest BCUT2D eigenvalue weighted by molar-refractivity contribution is 0.111. The Bertz CT molecular complexity index is 1090. The molecule has 0 radical (unpaired) electrons. The number of anilines is 2. The van der Waals surface area contributed by atoms with Crippen LogP contribution >= 0.6 is 0 Å². The molecule has 5 rings (SSSR count). The monoisotopic (exact) mass is 476 g/mol. The molecule has 2 aromatic heterocycles. The molecule has 2 aliphatic rings. The molecule has 1 aromatic carbocycles. The van der Waals surface area contributed by atoms with Crippen LogP contribution in [0.2, 0.25) is 0 Å². The number of hydrogen-bond acceptors (Lipinski definition) is 6. The van der Waals surface area contributed by atoms with Crippen LogP contribution in [0.3, 0.4) is 0 Å². The fourth-order valence-electron chi connectivity index (χ4n) is 5.47. The van der Waals surface area contributed by atoms with Crippen molar-refractivity contribution < 1.29 is 5.11 Å². The van der Waals surface area contributed by atoms with Crippen molar-refractivity contribution in [3.8, 4) is 11.1 Å². The average Bonchev–Trinajstić information content (AvgIpc) is 3.25. The molecular weight excluding hydrogens is 436 g/mol. The first-order chi connectivity index (χ1) is 17.1. The molecule has 1 aliphatic carbocycles. The zero-order chi connectivity index (χ0) is 24.2. The molecule has 188 valence electrons. The van der Waals surface area contributed by atoms with Crippen molar-refractivity contribution in [2.75, 3.05) is 37.3 Å². The second kappa shape index (κ2) is 11.0. The lowest BCUT2D eigenvalue weighted by Crippen LogP contribution is -2.36. The van der Waals surface area contributed by atoms with Crippen LogP contribution in [-0.4, -0.2) is 63.4 Å². The molecule has 0 atom stereocenters. The number of hydrogen-bond donors (Lipinski definition) is 3. The molecule has 1 saturated heterocycles. The first-order valence-corrected chi connectivity index (χ1v) is 13.5. The van der Waals surface area contributed by atoms with Crippen molar-refractivity contribution in [2.24, 2.45) is 0 Å². The molecule has 3 N–H and O–H groups in total. The highest BCUT2D eigenvalue weighted by molar-refractivity contribution is 5.94. The van der Waals surface area contributed by atoms with E-state index in [1.165, 1.54) is 29.7 Å². The van der Waals surface area contributed by atoms with Gasteiger partial charge in [-0.2, -0.15) is 4.98 Å². The van der Waals surface area contributed by atoms with Gasteiger partial charge >= 0.3 is 0 Å². The maximum absolute atomic E-state index is 10.0. The maximum atomic E-state index is 10.0. The Hall–Kier alpha value is -2.64. The predicted molar refractivity (Wildman–Crippen MR) is 144 cm³/mol. The van der Waals surface area contributed by atoms with Crippen LogP contribution in [0.4, 0.5) is 11.6 Å². The van der Waals surface area contributed by atoms with Gasteiger partial charge in [0.2, 0.25) is 5.95 Å². The van der Waals surface area contributed by atoms with E-state index in [2.05, 4.69) is 69.5 Å². The number of rotatable bonds is 8. The molecule has 1 saturated carbocycles. The summed E-state index contributed by atoms with van der Waals surface area (Å²) < 4.78 is 2.34. The maximum Gasteiger partial charge on any atom is 0.224 e. The van der Waals surface area contributed by atoms with Gasteiger partial charge in [-0.05, 0) is 82.8 Å². The van der Waals surface area contributed by atoms with Gasteiger partial charge in [0, 0.05) is 47.7 Å². The van der Waals surface area contributed by atoms with Gasteiger partial charge in [0.15, 0.2) is 0 Å². The number of piperidine rings is 1. The topological polar surface area (TPSA) is 78.2 Å². The number of nitrogens with zero attached hydrogens (tertiary/aromatic N) is 4. The van der Waals surface area contributed by atoms with E-state index in [1.54, 1.807) is 0 Å². The number of aliphatic hydroxyl groups excluding tert-OH is 1. The first kappa shape index (κ1) is 24.1. The third kappa shape index (κ3) is 5.62. The summed E-state index contributed by atoms with van der Waals surface area (Å²) in [6.45, 7) is 5.39. The van der Waals surface area contributed by atoms with Crippen molar-refractivity contribution >= 4 is 22.7 Å². The summed E-state index contributed by atoms with van der Waals surface area (Å²) in [6, 6.07) is 9.75. The molecule has 7 nitrogen and oxygen atoms in total. The summed E-state index contributed by atoms with van der Waals surface area (Å²) in [5.74, 6) is 0.699. The summed E-state index contributed by atoms with van der Waals surface area (Å²) in [5, 5.41) is 18.2. The van der Waals surface area contributed by atoms with E-state index in [-0.39, 0.29) is 6.10 Å². The first-order valence-electron chi connectivity index (χ1n) is 13.5. The zero-order valence-electron chi connectivity index (χ0n) is 21.2. The molecule has 0 unspecified atom stereocenters. The van der Waals surface area contributed by atoms with Crippen LogP contribution in [0.5, 0.6) is 0 Å². The van der Waals surface area contributed by atoms with Crippen molar-refractivity contribution in [3.63, 3.8) is 0 Å². The number of aliphatic hydroxyl groups is 1. The third-order valence-electron chi connectivity index (χ3n) is 7.73. The van der Waals surface area contributed by atoms with E-state index >= 15 is 0 Å². The van der Waals surface area contributed by atoms with Crippen LogP contribution in [0.15, 0.2) is 36.7 Å². The van der Waals surface area contributed by atoms with E-state index in [9.17, 15) is 5.11 Å². The summed E-state index contributed by atoms with van der Waals surface area (Å²) in [7, 11) is 2.20. The van der Waals surface area contributed by atoms with Gasteiger partial charge in [-0.3, -0.25) is 0 Å². The summed E-state index contributed by atoms with van der Waals surface area (Å²) in [5.41, 5.74) is 4.54. The van der Waals surface area contributed by atoms with E-state index in [0.29, 0.717) is 18.0 Å². The summed E-state index contributed by atoms with van der Waals surface area (Å²) >= 11 is 0. The molecule has 35 heavy (non-hydrogen) atoms. The third-order valence-corrected chi connectivity index (χ3v) is 7.73.